The van der Waals surface area contributed by atoms with Crippen LogP contribution in [-0.4, -0.2) is 13.1 Å². The van der Waals surface area contributed by atoms with Gasteiger partial charge in [-0.1, -0.05) is 30.3 Å². The van der Waals surface area contributed by atoms with Gasteiger partial charge in [-0.2, -0.15) is 0 Å². The molecule has 0 N–H and O–H groups in total. The molecule has 3 nitrogen and oxygen atoms in total. The van der Waals surface area contributed by atoms with E-state index in [9.17, 15) is 4.79 Å². The van der Waals surface area contributed by atoms with Crippen molar-refractivity contribution in [3.63, 3.8) is 0 Å². The van der Waals surface area contributed by atoms with E-state index in [4.69, 9.17) is 9.15 Å². The Labute approximate surface area is 105 Å². The molecule has 1 heterocycles. The van der Waals surface area contributed by atoms with Gasteiger partial charge < -0.3 is 9.15 Å². The second kappa shape index (κ2) is 4.33. The van der Waals surface area contributed by atoms with Gasteiger partial charge in [0.15, 0.2) is 0 Å². The van der Waals surface area contributed by atoms with E-state index in [1.54, 1.807) is 6.07 Å². The van der Waals surface area contributed by atoms with Gasteiger partial charge in [-0.25, -0.2) is 4.79 Å². The third-order valence-electron chi connectivity index (χ3n) is 3.17. The van der Waals surface area contributed by atoms with Crippen molar-refractivity contribution < 1.29 is 13.9 Å². The van der Waals surface area contributed by atoms with Crippen LogP contribution in [0.5, 0.6) is 0 Å². The highest BCUT2D eigenvalue weighted by Crippen LogP contribution is 2.44. The number of benzene rings is 1. The number of rotatable bonds is 3. The van der Waals surface area contributed by atoms with Crippen molar-refractivity contribution in [2.24, 2.45) is 0 Å². The summed E-state index contributed by atoms with van der Waals surface area (Å²) in [5.41, 5.74) is 1.55. The zero-order chi connectivity index (χ0) is 12.5. The first-order valence-electron chi connectivity index (χ1n) is 6.07. The summed E-state index contributed by atoms with van der Waals surface area (Å²) in [6, 6.07) is 11.6. The first kappa shape index (κ1) is 11.1. The van der Waals surface area contributed by atoms with Gasteiger partial charge in [0.25, 0.3) is 0 Å². The van der Waals surface area contributed by atoms with Crippen LogP contribution in [0.15, 0.2) is 40.8 Å². The van der Waals surface area contributed by atoms with Crippen LogP contribution in [0.1, 0.15) is 34.9 Å². The van der Waals surface area contributed by atoms with Crippen LogP contribution in [0.3, 0.4) is 0 Å². The Kier molecular flexibility index (Phi) is 2.67. The van der Waals surface area contributed by atoms with Crippen LogP contribution in [0.2, 0.25) is 0 Å². The van der Waals surface area contributed by atoms with Crippen molar-refractivity contribution in [1.29, 1.82) is 0 Å². The Hall–Kier alpha value is -2.03. The summed E-state index contributed by atoms with van der Waals surface area (Å²) in [7, 11) is 1.40. The van der Waals surface area contributed by atoms with Crippen molar-refractivity contribution >= 4 is 5.97 Å². The van der Waals surface area contributed by atoms with Gasteiger partial charge in [-0.3, -0.25) is 0 Å². The number of ether oxygens (including phenoxy) is 1. The summed E-state index contributed by atoms with van der Waals surface area (Å²) < 4.78 is 10.7. The molecular weight excluding hydrogens is 228 g/mol. The molecule has 92 valence electrons. The smallest absolute Gasteiger partial charge is 0.341 e. The van der Waals surface area contributed by atoms with Gasteiger partial charge in [0.2, 0.25) is 0 Å². The van der Waals surface area contributed by atoms with E-state index >= 15 is 0 Å². The van der Waals surface area contributed by atoms with Crippen LogP contribution in [-0.2, 0) is 4.74 Å². The number of methoxy groups -OCH3 is 1. The SMILES string of the molecule is COC(=O)c1cc(-c2ccccc2)oc1C1CC1. The fourth-order valence-electron chi connectivity index (χ4n) is 2.07. The number of carbonyl (C=O) groups is 1. The predicted octanol–water partition coefficient (Wildman–Crippen LogP) is 3.61. The molecule has 3 rings (SSSR count). The van der Waals surface area contributed by atoms with Crippen molar-refractivity contribution in [2.45, 2.75) is 18.8 Å². The molecule has 0 amide bonds. The van der Waals surface area contributed by atoms with Crippen molar-refractivity contribution in [3.05, 3.63) is 47.7 Å². The Morgan fingerprint density at radius 3 is 2.61 bits per heavy atom. The molecule has 1 fully saturated rings. The molecular formula is C15H14O3. The molecule has 0 bridgehead atoms. The topological polar surface area (TPSA) is 39.4 Å². The highest BCUT2D eigenvalue weighted by molar-refractivity contribution is 5.92. The van der Waals surface area contributed by atoms with Gasteiger partial charge in [-0.15, -0.1) is 0 Å². The molecule has 0 saturated heterocycles. The molecule has 0 atom stereocenters. The lowest BCUT2D eigenvalue weighted by molar-refractivity contribution is 0.0598. The molecule has 0 aliphatic heterocycles. The minimum Gasteiger partial charge on any atom is -0.465 e. The maximum absolute atomic E-state index is 11.7. The van der Waals surface area contributed by atoms with E-state index in [-0.39, 0.29) is 5.97 Å². The Morgan fingerprint density at radius 1 is 1.28 bits per heavy atom. The van der Waals surface area contributed by atoms with E-state index in [2.05, 4.69) is 0 Å². The first-order valence-corrected chi connectivity index (χ1v) is 6.07. The average Bonchev–Trinajstić information content (AvgIpc) is 3.18. The first-order chi connectivity index (χ1) is 8.79. The lowest BCUT2D eigenvalue weighted by Crippen LogP contribution is -2.02. The van der Waals surface area contributed by atoms with Crippen LogP contribution >= 0.6 is 0 Å². The minimum absolute atomic E-state index is 0.317. The highest BCUT2D eigenvalue weighted by Gasteiger charge is 2.33. The number of carbonyl (C=O) groups excluding carboxylic acids is 1. The van der Waals surface area contributed by atoms with E-state index < -0.39 is 0 Å². The van der Waals surface area contributed by atoms with Crippen LogP contribution in [0.25, 0.3) is 11.3 Å². The van der Waals surface area contributed by atoms with Gasteiger partial charge in [0.1, 0.15) is 17.1 Å². The molecule has 1 saturated carbocycles. The molecule has 2 aromatic rings. The normalized spacial score (nSPS) is 14.5. The number of hydrogen-bond acceptors (Lipinski definition) is 3. The Balaban J connectivity index is 2.04. The van der Waals surface area contributed by atoms with Crippen LogP contribution in [0, 0.1) is 0 Å². The molecule has 1 aromatic carbocycles. The quantitative estimate of drug-likeness (QED) is 0.772. The predicted molar refractivity (Wildman–Crippen MR) is 67.5 cm³/mol. The maximum Gasteiger partial charge on any atom is 0.341 e. The standard InChI is InChI=1S/C15H14O3/c1-17-15(16)12-9-13(10-5-3-2-4-6-10)18-14(12)11-7-8-11/h2-6,9,11H,7-8H2,1H3. The van der Waals surface area contributed by atoms with E-state index in [1.807, 2.05) is 30.3 Å². The fraction of sp³-hybridized carbons (Fsp3) is 0.267. The molecule has 1 aliphatic carbocycles. The summed E-state index contributed by atoms with van der Waals surface area (Å²) in [6.07, 6.45) is 2.18. The summed E-state index contributed by atoms with van der Waals surface area (Å²) in [5, 5.41) is 0. The zero-order valence-corrected chi connectivity index (χ0v) is 10.2. The van der Waals surface area contributed by atoms with Crippen LogP contribution < -0.4 is 0 Å². The Morgan fingerprint density at radius 2 is 2.00 bits per heavy atom. The summed E-state index contributed by atoms with van der Waals surface area (Å²) in [6.45, 7) is 0. The van der Waals surface area contributed by atoms with Gasteiger partial charge in [-0.05, 0) is 18.9 Å². The summed E-state index contributed by atoms with van der Waals surface area (Å²) >= 11 is 0. The third-order valence-corrected chi connectivity index (χ3v) is 3.17. The number of furan rings is 1. The molecule has 1 aromatic heterocycles. The second-order valence-corrected chi connectivity index (χ2v) is 4.52. The van der Waals surface area contributed by atoms with E-state index in [1.165, 1.54) is 7.11 Å². The highest BCUT2D eigenvalue weighted by atomic mass is 16.5. The maximum atomic E-state index is 11.7. The van der Waals surface area contributed by atoms with Gasteiger partial charge in [0.05, 0.1) is 7.11 Å². The van der Waals surface area contributed by atoms with Gasteiger partial charge >= 0.3 is 5.97 Å². The van der Waals surface area contributed by atoms with Gasteiger partial charge in [0, 0.05) is 11.5 Å². The lowest BCUT2D eigenvalue weighted by Gasteiger charge is -1.97. The number of hydrogen-bond donors (Lipinski definition) is 0. The largest absolute Gasteiger partial charge is 0.465 e. The molecule has 0 unspecified atom stereocenters. The van der Waals surface area contributed by atoms with Crippen molar-refractivity contribution in [1.82, 2.24) is 0 Å². The molecule has 3 heteroatoms. The monoisotopic (exact) mass is 242 g/mol. The molecule has 1 aliphatic rings. The van der Waals surface area contributed by atoms with Crippen molar-refractivity contribution in [3.8, 4) is 11.3 Å². The minimum atomic E-state index is -0.317. The molecule has 18 heavy (non-hydrogen) atoms. The Bertz CT molecular complexity index is 565. The summed E-state index contributed by atoms with van der Waals surface area (Å²) in [4.78, 5) is 11.7. The second-order valence-electron chi connectivity index (χ2n) is 4.52. The zero-order valence-electron chi connectivity index (χ0n) is 10.2. The summed E-state index contributed by atoms with van der Waals surface area (Å²) in [5.74, 6) is 1.58. The molecule has 0 radical (unpaired) electrons. The average molecular weight is 242 g/mol. The fourth-order valence-corrected chi connectivity index (χ4v) is 2.07. The van der Waals surface area contributed by atoms with Crippen LogP contribution in [0.4, 0.5) is 0 Å². The van der Waals surface area contributed by atoms with Crippen molar-refractivity contribution in [2.75, 3.05) is 7.11 Å². The van der Waals surface area contributed by atoms with E-state index in [0.717, 1.165) is 29.9 Å². The lowest BCUT2D eigenvalue weighted by atomic mass is 10.1. The van der Waals surface area contributed by atoms with E-state index in [0.29, 0.717) is 11.5 Å². The number of esters is 1. The third kappa shape index (κ3) is 1.92. The molecule has 0 spiro atoms.